The van der Waals surface area contributed by atoms with Crippen LogP contribution < -0.4 is 10.2 Å². The van der Waals surface area contributed by atoms with Crippen LogP contribution in [0.1, 0.15) is 24.8 Å². The molecule has 1 atom stereocenters. The Morgan fingerprint density at radius 2 is 2.00 bits per heavy atom. The van der Waals surface area contributed by atoms with E-state index < -0.39 is 23.6 Å². The van der Waals surface area contributed by atoms with Crippen molar-refractivity contribution < 1.29 is 23.8 Å². The van der Waals surface area contributed by atoms with E-state index in [1.54, 1.807) is 24.3 Å². The summed E-state index contributed by atoms with van der Waals surface area (Å²) in [5.41, 5.74) is 1.04. The van der Waals surface area contributed by atoms with Crippen LogP contribution in [0.25, 0.3) is 0 Å². The normalized spacial score (nSPS) is 19.8. The zero-order chi connectivity index (χ0) is 20.1. The molecule has 1 heterocycles. The Morgan fingerprint density at radius 1 is 1.25 bits per heavy atom. The fourth-order valence-corrected chi connectivity index (χ4v) is 3.32. The Balaban J connectivity index is 1.68. The molecule has 1 aliphatic heterocycles. The van der Waals surface area contributed by atoms with E-state index in [0.717, 1.165) is 6.07 Å². The SMILES string of the molecule is O=C(NCc1cc(F)cc(Cl)c1)O[C@]1(O)CCCCN(c2ccccc2)C1=O. The Kier molecular flexibility index (Phi) is 6.16. The van der Waals surface area contributed by atoms with E-state index >= 15 is 0 Å². The number of carbonyl (C=O) groups is 2. The quantitative estimate of drug-likeness (QED) is 0.760. The molecule has 1 aliphatic rings. The first kappa shape index (κ1) is 20.1. The third-order valence-electron chi connectivity index (χ3n) is 4.42. The Hall–Kier alpha value is -2.64. The number of ether oxygens (including phenoxy) is 1. The molecule has 6 nitrogen and oxygen atoms in total. The summed E-state index contributed by atoms with van der Waals surface area (Å²) in [6, 6.07) is 12.7. The topological polar surface area (TPSA) is 78.9 Å². The van der Waals surface area contributed by atoms with E-state index in [-0.39, 0.29) is 18.0 Å². The van der Waals surface area contributed by atoms with Crippen LogP contribution in [0.3, 0.4) is 0 Å². The first-order valence-corrected chi connectivity index (χ1v) is 9.26. The van der Waals surface area contributed by atoms with Crippen LogP contribution in [0, 0.1) is 5.82 Å². The predicted octanol–water partition coefficient (Wildman–Crippen LogP) is 3.61. The van der Waals surface area contributed by atoms with Gasteiger partial charge in [-0.2, -0.15) is 0 Å². The number of anilines is 1. The van der Waals surface area contributed by atoms with Crippen molar-refractivity contribution in [3.63, 3.8) is 0 Å². The second kappa shape index (κ2) is 8.58. The van der Waals surface area contributed by atoms with Gasteiger partial charge in [0.05, 0.1) is 0 Å². The summed E-state index contributed by atoms with van der Waals surface area (Å²) >= 11 is 5.78. The molecule has 148 valence electrons. The number of benzene rings is 2. The lowest BCUT2D eigenvalue weighted by Crippen LogP contribution is -2.52. The molecular formula is C20H20ClFN2O4. The Labute approximate surface area is 166 Å². The third-order valence-corrected chi connectivity index (χ3v) is 4.63. The lowest BCUT2D eigenvalue weighted by atomic mass is 10.1. The number of carbonyl (C=O) groups excluding carboxylic acids is 2. The first-order valence-electron chi connectivity index (χ1n) is 8.88. The van der Waals surface area contributed by atoms with E-state index in [1.165, 1.54) is 17.0 Å². The maximum Gasteiger partial charge on any atom is 0.410 e. The number of nitrogens with zero attached hydrogens (tertiary/aromatic N) is 1. The molecule has 2 N–H and O–H groups in total. The van der Waals surface area contributed by atoms with Crippen LogP contribution >= 0.6 is 11.6 Å². The average molecular weight is 407 g/mol. The molecule has 3 rings (SSSR count). The summed E-state index contributed by atoms with van der Waals surface area (Å²) in [7, 11) is 0. The number of hydrogen-bond donors (Lipinski definition) is 2. The van der Waals surface area contributed by atoms with Crippen molar-refractivity contribution >= 4 is 29.3 Å². The van der Waals surface area contributed by atoms with Gasteiger partial charge in [-0.1, -0.05) is 29.8 Å². The molecule has 2 amide bonds. The molecule has 0 saturated carbocycles. The summed E-state index contributed by atoms with van der Waals surface area (Å²) < 4.78 is 18.5. The molecule has 0 spiro atoms. The van der Waals surface area contributed by atoms with Crippen LogP contribution in [0.4, 0.5) is 14.9 Å². The summed E-state index contributed by atoms with van der Waals surface area (Å²) in [6.07, 6.45) is 0.189. The van der Waals surface area contributed by atoms with E-state index in [9.17, 15) is 19.1 Å². The van der Waals surface area contributed by atoms with Crippen LogP contribution in [0.15, 0.2) is 48.5 Å². The molecule has 2 aromatic rings. The van der Waals surface area contributed by atoms with Gasteiger partial charge in [-0.3, -0.25) is 4.79 Å². The van der Waals surface area contributed by atoms with Gasteiger partial charge in [0.25, 0.3) is 11.7 Å². The maximum absolute atomic E-state index is 13.4. The lowest BCUT2D eigenvalue weighted by Gasteiger charge is -2.30. The second-order valence-corrected chi connectivity index (χ2v) is 6.99. The molecule has 0 bridgehead atoms. The monoisotopic (exact) mass is 406 g/mol. The van der Waals surface area contributed by atoms with Crippen molar-refractivity contribution in [2.24, 2.45) is 0 Å². The molecule has 28 heavy (non-hydrogen) atoms. The molecule has 0 aromatic heterocycles. The van der Waals surface area contributed by atoms with Crippen molar-refractivity contribution in [2.75, 3.05) is 11.4 Å². The second-order valence-electron chi connectivity index (χ2n) is 6.55. The number of alkyl carbamates (subject to hydrolysis) is 1. The van der Waals surface area contributed by atoms with Gasteiger partial charge in [0, 0.05) is 30.2 Å². The van der Waals surface area contributed by atoms with E-state index in [1.807, 2.05) is 6.07 Å². The zero-order valence-electron chi connectivity index (χ0n) is 15.0. The van der Waals surface area contributed by atoms with Gasteiger partial charge >= 0.3 is 6.09 Å². The smallest absolute Gasteiger partial charge is 0.407 e. The minimum atomic E-state index is -2.27. The number of nitrogens with one attached hydrogen (secondary N) is 1. The van der Waals surface area contributed by atoms with Crippen LogP contribution in [-0.4, -0.2) is 29.4 Å². The fraction of sp³-hybridized carbons (Fsp3) is 0.300. The first-order chi connectivity index (χ1) is 13.4. The Bertz CT molecular complexity index is 844. The molecular weight excluding hydrogens is 387 g/mol. The molecule has 2 aromatic carbocycles. The molecule has 0 aliphatic carbocycles. The minimum Gasteiger partial charge on any atom is -0.407 e. The molecule has 1 saturated heterocycles. The highest BCUT2D eigenvalue weighted by Gasteiger charge is 2.45. The predicted molar refractivity (Wildman–Crippen MR) is 102 cm³/mol. The summed E-state index contributed by atoms with van der Waals surface area (Å²) in [5, 5.41) is 13.4. The van der Waals surface area contributed by atoms with Crippen molar-refractivity contribution in [2.45, 2.75) is 31.6 Å². The highest BCUT2D eigenvalue weighted by molar-refractivity contribution is 6.30. The van der Waals surface area contributed by atoms with Crippen molar-refractivity contribution in [3.8, 4) is 0 Å². The van der Waals surface area contributed by atoms with Crippen molar-refractivity contribution in [1.29, 1.82) is 0 Å². The minimum absolute atomic E-state index is 0.00558. The van der Waals surface area contributed by atoms with Crippen molar-refractivity contribution in [3.05, 3.63) is 64.9 Å². The van der Waals surface area contributed by atoms with E-state index in [0.29, 0.717) is 30.6 Å². The van der Waals surface area contributed by atoms with Gasteiger partial charge < -0.3 is 20.1 Å². The van der Waals surface area contributed by atoms with Gasteiger partial charge in [0.15, 0.2) is 0 Å². The van der Waals surface area contributed by atoms with Crippen molar-refractivity contribution in [1.82, 2.24) is 5.32 Å². The lowest BCUT2D eigenvalue weighted by molar-refractivity contribution is -0.183. The molecule has 0 unspecified atom stereocenters. The van der Waals surface area contributed by atoms with Gasteiger partial charge in [-0.05, 0) is 48.7 Å². The van der Waals surface area contributed by atoms with Gasteiger partial charge in [-0.25, -0.2) is 9.18 Å². The standard InChI is InChI=1S/C20H20ClFN2O4/c21-15-10-14(11-16(22)12-15)13-23-19(26)28-20(27)8-4-5-9-24(18(20)25)17-6-2-1-3-7-17/h1-3,6-7,10-12,27H,4-5,8-9,13H2,(H,23,26)/t20-/m1/s1. The number of amides is 2. The van der Waals surface area contributed by atoms with E-state index in [2.05, 4.69) is 5.32 Å². The zero-order valence-corrected chi connectivity index (χ0v) is 15.8. The highest BCUT2D eigenvalue weighted by Crippen LogP contribution is 2.27. The van der Waals surface area contributed by atoms with E-state index in [4.69, 9.17) is 16.3 Å². The molecule has 0 radical (unpaired) electrons. The average Bonchev–Trinajstić information content (AvgIpc) is 2.79. The largest absolute Gasteiger partial charge is 0.410 e. The number of halogens is 2. The maximum atomic E-state index is 13.4. The summed E-state index contributed by atoms with van der Waals surface area (Å²) in [6.45, 7) is 0.348. The number of aliphatic hydroxyl groups is 1. The molecule has 8 heteroatoms. The van der Waals surface area contributed by atoms with Crippen LogP contribution in [0.5, 0.6) is 0 Å². The number of hydrogen-bond acceptors (Lipinski definition) is 4. The summed E-state index contributed by atoms with van der Waals surface area (Å²) in [5.74, 6) is -3.50. The molecule has 1 fully saturated rings. The van der Waals surface area contributed by atoms with Gasteiger partial charge in [0.2, 0.25) is 0 Å². The fourth-order valence-electron chi connectivity index (χ4n) is 3.08. The van der Waals surface area contributed by atoms with Gasteiger partial charge in [0.1, 0.15) is 5.82 Å². The third kappa shape index (κ3) is 4.79. The number of rotatable bonds is 4. The number of para-hydroxylation sites is 1. The highest BCUT2D eigenvalue weighted by atomic mass is 35.5. The summed E-state index contributed by atoms with van der Waals surface area (Å²) in [4.78, 5) is 26.4. The Morgan fingerprint density at radius 3 is 2.71 bits per heavy atom. The van der Waals surface area contributed by atoms with Crippen LogP contribution in [0.2, 0.25) is 5.02 Å². The van der Waals surface area contributed by atoms with Gasteiger partial charge in [-0.15, -0.1) is 0 Å². The van der Waals surface area contributed by atoms with Crippen LogP contribution in [-0.2, 0) is 16.1 Å².